The molecule has 2 saturated carbocycles. The van der Waals surface area contributed by atoms with Gasteiger partial charge in [0.15, 0.2) is 17.0 Å². The quantitative estimate of drug-likeness (QED) is 0.0505. The summed E-state index contributed by atoms with van der Waals surface area (Å²) in [6.45, 7) is 2.93. The number of benzene rings is 1. The van der Waals surface area contributed by atoms with Crippen molar-refractivity contribution >= 4 is 50.2 Å². The van der Waals surface area contributed by atoms with Gasteiger partial charge in [0, 0.05) is 102 Å². The lowest BCUT2D eigenvalue weighted by atomic mass is 9.57. The third-order valence-corrected chi connectivity index (χ3v) is 20.7. The number of nitrogens with one attached hydrogen (secondary N) is 2. The molecule has 2 bridgehead atoms. The smallest absolute Gasteiger partial charge is 0.340 e. The topological polar surface area (TPSA) is 234 Å². The second-order valence-electron chi connectivity index (χ2n) is 21.2. The zero-order valence-electron chi connectivity index (χ0n) is 40.8. The van der Waals surface area contributed by atoms with Crippen molar-refractivity contribution < 1.29 is 48.7 Å². The average molecular weight is 1010 g/mol. The van der Waals surface area contributed by atoms with Crippen LogP contribution >= 0.6 is 21.6 Å². The van der Waals surface area contributed by atoms with Crippen LogP contribution in [0.3, 0.4) is 0 Å². The van der Waals surface area contributed by atoms with E-state index in [4.69, 9.17) is 19.6 Å². The average Bonchev–Trinajstić information content (AvgIpc) is 3.72. The second kappa shape index (κ2) is 19.8. The van der Waals surface area contributed by atoms with Crippen LogP contribution in [0, 0.1) is 29.6 Å². The third kappa shape index (κ3) is 8.15. The van der Waals surface area contributed by atoms with Crippen LogP contribution in [0.4, 0.5) is 0 Å². The van der Waals surface area contributed by atoms with E-state index in [9.17, 15) is 34.8 Å². The van der Waals surface area contributed by atoms with Crippen LogP contribution in [0.2, 0.25) is 0 Å². The number of dihydropyridines is 1. The number of aliphatic hydroxyl groups is 4. The monoisotopic (exact) mass is 1010 g/mol. The number of carbonyl (C=O) groups excluding carboxylic acids is 3. The van der Waals surface area contributed by atoms with E-state index < -0.39 is 46.7 Å². The fourth-order valence-electron chi connectivity index (χ4n) is 14.3. The maximum atomic E-state index is 15.1. The Bertz CT molecular complexity index is 2690. The molecule has 1 amide bonds. The summed E-state index contributed by atoms with van der Waals surface area (Å²) in [5.41, 5.74) is 6.75. The van der Waals surface area contributed by atoms with Gasteiger partial charge in [0.2, 0.25) is 5.91 Å². The summed E-state index contributed by atoms with van der Waals surface area (Å²) in [5.74, 6) is -1.30. The Balaban J connectivity index is 1.14. The van der Waals surface area contributed by atoms with Gasteiger partial charge in [0.1, 0.15) is 11.3 Å². The first-order chi connectivity index (χ1) is 34.3. The van der Waals surface area contributed by atoms with Crippen LogP contribution in [-0.4, -0.2) is 123 Å². The first kappa shape index (κ1) is 50.2. The number of fused-ring (bicyclic) bond motifs is 7. The van der Waals surface area contributed by atoms with Gasteiger partial charge < -0.3 is 55.6 Å². The van der Waals surface area contributed by atoms with Gasteiger partial charge in [-0.3, -0.25) is 9.59 Å². The van der Waals surface area contributed by atoms with Gasteiger partial charge in [-0.15, -0.1) is 0 Å². The highest BCUT2D eigenvalue weighted by Gasteiger charge is 2.68. The molecule has 5 heterocycles. The molecule has 8 N–H and O–H groups in total. The number of ketones is 1. The molecule has 10 rings (SSSR count). The lowest BCUT2D eigenvalue weighted by Crippen LogP contribution is -2.75. The summed E-state index contributed by atoms with van der Waals surface area (Å²) in [5, 5.41) is 49.6. The summed E-state index contributed by atoms with van der Waals surface area (Å²) in [4.78, 5) is 59.6. The Hall–Kier alpha value is -4.36. The van der Waals surface area contributed by atoms with Gasteiger partial charge in [-0.05, 0) is 99.9 Å². The maximum Gasteiger partial charge on any atom is 0.340 e. The second-order valence-corrected chi connectivity index (χ2v) is 23.8. The number of nitrogens with two attached hydrogens (primary N) is 1. The highest BCUT2D eigenvalue weighted by atomic mass is 33.1. The lowest BCUT2D eigenvalue weighted by molar-refractivity contribution is -0.202. The van der Waals surface area contributed by atoms with Crippen molar-refractivity contribution in [1.29, 1.82) is 0 Å². The van der Waals surface area contributed by atoms with Crippen LogP contribution < -0.4 is 26.7 Å². The van der Waals surface area contributed by atoms with Gasteiger partial charge in [-0.1, -0.05) is 64.7 Å². The molecule has 0 radical (unpaired) electrons. The summed E-state index contributed by atoms with van der Waals surface area (Å²) in [7, 11) is 5.24. The first-order valence-corrected chi connectivity index (χ1v) is 27.9. The Kier molecular flexibility index (Phi) is 14.0. The molecule has 3 fully saturated rings. The minimum atomic E-state index is -1.60. The molecule has 15 nitrogen and oxygen atoms in total. The highest BCUT2D eigenvalue weighted by molar-refractivity contribution is 8.77. The SMILES string of the molecule is CC=C(CCO)C(=O)OC1(C)C(CO)C=C2CSSC3CC4C(=O)C=CC5C(C4NC)C3N5C(=O)CC3=C(C=C(N)NC3)C2C12Cc1cc3cc(C4(C(CO)CCCO)CCCCC4)c(=O)oc3cc1O2. The highest BCUT2D eigenvalue weighted by Crippen LogP contribution is 2.60. The number of esters is 1. The molecule has 4 aliphatic heterocycles. The standard InChI is InChI=1S/C54H68N4O11S2/c1-4-29(12-16-60)50(65)69-52(2)35(27-62)18-33-28-70-71-43-21-37-40(63)11-10-39-46(48(37)56-3)49(43)58(39)45(64)20-32-25-57-44(55)22-36(32)47(33)54(52)24-31-17-30-19-38(51(66)67-41(30)23-42(31)68-54)53(13-6-5-7-14-53)34(26-61)9-8-15-59/h4,10-11,17-19,22-23,34-35,37,39,43,46-49,56-57,59-62H,5-9,12-16,20-21,24-28,55H2,1-3H3. The number of hydrogen-bond donors (Lipinski definition) is 7. The molecule has 8 aliphatic rings. The molecular weight excluding hydrogens is 945 g/mol. The van der Waals surface area contributed by atoms with E-state index in [0.717, 1.165) is 41.5 Å². The van der Waals surface area contributed by atoms with Crippen molar-refractivity contribution in [2.24, 2.45) is 35.3 Å². The van der Waals surface area contributed by atoms with Crippen molar-refractivity contribution in [3.8, 4) is 5.75 Å². The molecule has 11 unspecified atom stereocenters. The number of nitrogens with zero attached hydrogens (tertiary/aromatic N) is 1. The van der Waals surface area contributed by atoms with E-state index in [1.807, 2.05) is 42.3 Å². The summed E-state index contributed by atoms with van der Waals surface area (Å²) in [6.07, 6.45) is 15.2. The zero-order valence-corrected chi connectivity index (χ0v) is 42.5. The Labute approximate surface area is 422 Å². The van der Waals surface area contributed by atoms with Crippen molar-refractivity contribution in [1.82, 2.24) is 15.5 Å². The van der Waals surface area contributed by atoms with Crippen LogP contribution in [0.5, 0.6) is 5.75 Å². The predicted octanol–water partition coefficient (Wildman–Crippen LogP) is 4.64. The van der Waals surface area contributed by atoms with Gasteiger partial charge in [0.25, 0.3) is 0 Å². The van der Waals surface area contributed by atoms with E-state index in [1.54, 1.807) is 53.7 Å². The Morgan fingerprint density at radius 3 is 2.63 bits per heavy atom. The molecule has 1 saturated heterocycles. The minimum Gasteiger partial charge on any atom is -0.481 e. The number of allylic oxidation sites excluding steroid dienone is 3. The third-order valence-electron chi connectivity index (χ3n) is 17.9. The van der Waals surface area contributed by atoms with Crippen LogP contribution in [0.15, 0.2) is 85.9 Å². The first-order valence-electron chi connectivity index (χ1n) is 25.5. The van der Waals surface area contributed by atoms with E-state index in [2.05, 4.69) is 10.6 Å². The molecule has 11 atom stereocenters. The van der Waals surface area contributed by atoms with E-state index in [-0.39, 0.29) is 104 Å². The summed E-state index contributed by atoms with van der Waals surface area (Å²) in [6, 6.07) is 5.22. The molecule has 17 heteroatoms. The largest absolute Gasteiger partial charge is 0.481 e. The molecular formula is C54H68N4O11S2. The Morgan fingerprint density at radius 1 is 1.11 bits per heavy atom. The normalized spacial score (nSPS) is 33.5. The van der Waals surface area contributed by atoms with E-state index in [1.165, 1.54) is 0 Å². The van der Waals surface area contributed by atoms with Crippen molar-refractivity contribution in [2.75, 3.05) is 45.8 Å². The molecule has 1 spiro atoms. The number of aliphatic hydroxyl groups excluding tert-OH is 4. The summed E-state index contributed by atoms with van der Waals surface area (Å²) < 4.78 is 20.5. The number of hydrogen-bond acceptors (Lipinski definition) is 16. The minimum absolute atomic E-state index is 0.0174. The van der Waals surface area contributed by atoms with Crippen molar-refractivity contribution in [3.63, 3.8) is 0 Å². The lowest BCUT2D eigenvalue weighted by Gasteiger charge is -2.62. The van der Waals surface area contributed by atoms with E-state index >= 15 is 4.79 Å². The molecule has 1 aromatic heterocycles. The van der Waals surface area contributed by atoms with Gasteiger partial charge in [0.05, 0.1) is 36.9 Å². The van der Waals surface area contributed by atoms with Gasteiger partial charge in [-0.2, -0.15) is 0 Å². The van der Waals surface area contributed by atoms with Crippen LogP contribution in [0.25, 0.3) is 11.0 Å². The Morgan fingerprint density at radius 2 is 1.92 bits per heavy atom. The van der Waals surface area contributed by atoms with Gasteiger partial charge in [-0.25, -0.2) is 9.59 Å². The molecule has 2 aromatic rings. The molecule has 382 valence electrons. The maximum absolute atomic E-state index is 15.1. The van der Waals surface area contributed by atoms with Crippen LogP contribution in [-0.2, 0) is 31.0 Å². The molecule has 1 aromatic carbocycles. The number of carbonyl (C=O) groups is 3. The zero-order chi connectivity index (χ0) is 50.0. The fraction of sp³-hybridized carbons (Fsp3) is 0.593. The number of amides is 1. The number of rotatable bonds is 12. The molecule has 71 heavy (non-hydrogen) atoms. The molecule has 4 aliphatic carbocycles. The van der Waals surface area contributed by atoms with E-state index in [0.29, 0.717) is 66.0 Å². The van der Waals surface area contributed by atoms with Crippen molar-refractivity contribution in [3.05, 3.63) is 98.2 Å². The summed E-state index contributed by atoms with van der Waals surface area (Å²) >= 11 is 0. The van der Waals surface area contributed by atoms with Crippen LogP contribution in [0.1, 0.15) is 89.2 Å². The van der Waals surface area contributed by atoms with Gasteiger partial charge >= 0.3 is 11.6 Å². The predicted molar refractivity (Wildman–Crippen MR) is 272 cm³/mol. The fourth-order valence-corrected chi connectivity index (χ4v) is 17.4. The van der Waals surface area contributed by atoms with Crippen molar-refractivity contribution in [2.45, 2.75) is 124 Å². The number of ether oxygens (including phenoxy) is 2.